The van der Waals surface area contributed by atoms with Crippen LogP contribution in [0.2, 0.25) is 0 Å². The summed E-state index contributed by atoms with van der Waals surface area (Å²) in [5, 5.41) is 2.40. The Labute approximate surface area is 172 Å². The van der Waals surface area contributed by atoms with Crippen LogP contribution in [0.25, 0.3) is 0 Å². The number of likely N-dealkylation sites (tertiary alicyclic amines) is 1. The van der Waals surface area contributed by atoms with Gasteiger partial charge in [-0.15, -0.1) is 0 Å². The summed E-state index contributed by atoms with van der Waals surface area (Å²) in [4.78, 5) is 38.1. The van der Waals surface area contributed by atoms with Crippen LogP contribution in [0.3, 0.4) is 0 Å². The predicted octanol–water partition coefficient (Wildman–Crippen LogP) is 0.972. The van der Waals surface area contributed by atoms with Crippen LogP contribution in [0, 0.1) is 5.92 Å². The number of rotatable bonds is 5. The highest BCUT2D eigenvalue weighted by Crippen LogP contribution is 2.20. The molecule has 0 radical (unpaired) electrons. The number of hydrazine groups is 1. The first kappa shape index (κ1) is 20.3. The summed E-state index contributed by atoms with van der Waals surface area (Å²) < 4.78 is 10.3. The molecule has 152 valence electrons. The van der Waals surface area contributed by atoms with Crippen LogP contribution in [0.15, 0.2) is 47.1 Å². The van der Waals surface area contributed by atoms with E-state index in [9.17, 15) is 14.4 Å². The van der Waals surface area contributed by atoms with Crippen molar-refractivity contribution in [1.29, 1.82) is 0 Å². The Balaban J connectivity index is 1.44. The van der Waals surface area contributed by atoms with Gasteiger partial charge < -0.3 is 14.1 Å². The number of methoxy groups -OCH3 is 1. The number of nitrogens with one attached hydrogen (secondary N) is 3. The van der Waals surface area contributed by atoms with E-state index in [2.05, 4.69) is 16.2 Å². The molecule has 1 aromatic heterocycles. The summed E-state index contributed by atoms with van der Waals surface area (Å²) in [5.74, 6) is -0.190. The van der Waals surface area contributed by atoms with Gasteiger partial charge in [-0.2, -0.15) is 0 Å². The average molecular weight is 416 g/mol. The fraction of sp³-hybridized carbons (Fsp3) is 0.263. The lowest BCUT2D eigenvalue weighted by atomic mass is 10.1. The summed E-state index contributed by atoms with van der Waals surface area (Å²) in [6.45, 7) is 0.595. The van der Waals surface area contributed by atoms with Crippen molar-refractivity contribution in [1.82, 2.24) is 21.1 Å². The van der Waals surface area contributed by atoms with Crippen molar-refractivity contribution in [2.24, 2.45) is 5.92 Å². The zero-order valence-electron chi connectivity index (χ0n) is 15.6. The Bertz CT molecular complexity index is 898. The number of carbonyl (C=O) groups excluding carboxylic acids is 3. The fourth-order valence-corrected chi connectivity index (χ4v) is 3.00. The molecule has 1 atom stereocenters. The quantitative estimate of drug-likeness (QED) is 0.492. The van der Waals surface area contributed by atoms with Gasteiger partial charge in [-0.05, 0) is 48.6 Å². The highest BCUT2D eigenvalue weighted by molar-refractivity contribution is 7.80. The van der Waals surface area contributed by atoms with Gasteiger partial charge in [-0.1, -0.05) is 0 Å². The molecule has 1 aliphatic rings. The van der Waals surface area contributed by atoms with E-state index in [0.717, 1.165) is 0 Å². The minimum atomic E-state index is -0.523. The lowest BCUT2D eigenvalue weighted by Gasteiger charge is -2.16. The van der Waals surface area contributed by atoms with Gasteiger partial charge >= 0.3 is 0 Å². The molecule has 0 saturated carbocycles. The van der Waals surface area contributed by atoms with Gasteiger partial charge in [0.2, 0.25) is 11.8 Å². The lowest BCUT2D eigenvalue weighted by molar-refractivity contribution is -0.129. The molecule has 1 unspecified atom stereocenters. The van der Waals surface area contributed by atoms with Gasteiger partial charge in [0.1, 0.15) is 11.5 Å². The van der Waals surface area contributed by atoms with Crippen molar-refractivity contribution in [3.63, 3.8) is 0 Å². The SMILES string of the molecule is COc1ccc(C(=O)NC(=S)NNC(=O)C2CC(=O)N(Cc3ccco3)C2)cc1. The summed E-state index contributed by atoms with van der Waals surface area (Å²) in [7, 11) is 1.53. The van der Waals surface area contributed by atoms with E-state index in [1.54, 1.807) is 41.3 Å². The zero-order valence-corrected chi connectivity index (χ0v) is 16.5. The summed E-state index contributed by atoms with van der Waals surface area (Å²) >= 11 is 5.02. The number of benzene rings is 1. The Morgan fingerprint density at radius 1 is 1.24 bits per heavy atom. The smallest absolute Gasteiger partial charge is 0.257 e. The molecular weight excluding hydrogens is 396 g/mol. The number of nitrogens with zero attached hydrogens (tertiary/aromatic N) is 1. The van der Waals surface area contributed by atoms with Crippen molar-refractivity contribution < 1.29 is 23.5 Å². The first-order chi connectivity index (χ1) is 14.0. The molecule has 10 heteroatoms. The molecule has 0 bridgehead atoms. The van der Waals surface area contributed by atoms with E-state index in [1.165, 1.54) is 13.4 Å². The van der Waals surface area contributed by atoms with Gasteiger partial charge in [0.05, 0.1) is 25.8 Å². The molecule has 1 saturated heterocycles. The second kappa shape index (κ2) is 9.20. The average Bonchev–Trinajstić information content (AvgIpc) is 3.36. The summed E-state index contributed by atoms with van der Waals surface area (Å²) in [6, 6.07) is 10.00. The standard InChI is InChI=1S/C19H20N4O5S/c1-27-14-6-4-12(5-7-14)17(25)20-19(29)22-21-18(26)13-9-16(24)23(10-13)11-15-3-2-8-28-15/h2-8,13H,9-11H2,1H3,(H,21,26)(H2,20,22,25,29). The van der Waals surface area contributed by atoms with Crippen LogP contribution in [0.1, 0.15) is 22.5 Å². The van der Waals surface area contributed by atoms with Crippen molar-refractivity contribution in [3.8, 4) is 5.75 Å². The van der Waals surface area contributed by atoms with Crippen molar-refractivity contribution >= 4 is 35.1 Å². The first-order valence-corrected chi connectivity index (χ1v) is 9.22. The van der Waals surface area contributed by atoms with Crippen molar-refractivity contribution in [2.45, 2.75) is 13.0 Å². The maximum absolute atomic E-state index is 12.3. The van der Waals surface area contributed by atoms with E-state index in [0.29, 0.717) is 23.6 Å². The van der Waals surface area contributed by atoms with Crippen LogP contribution in [0.4, 0.5) is 0 Å². The molecule has 3 N–H and O–H groups in total. The minimum Gasteiger partial charge on any atom is -0.497 e. The molecule has 1 aromatic carbocycles. The lowest BCUT2D eigenvalue weighted by Crippen LogP contribution is -2.50. The van der Waals surface area contributed by atoms with E-state index in [4.69, 9.17) is 21.4 Å². The third kappa shape index (κ3) is 5.32. The monoisotopic (exact) mass is 416 g/mol. The van der Waals surface area contributed by atoms with E-state index < -0.39 is 11.8 Å². The third-order valence-electron chi connectivity index (χ3n) is 4.39. The maximum atomic E-state index is 12.3. The maximum Gasteiger partial charge on any atom is 0.257 e. The molecular formula is C19H20N4O5S. The van der Waals surface area contributed by atoms with Crippen LogP contribution in [-0.4, -0.2) is 41.4 Å². The number of hydrogen-bond donors (Lipinski definition) is 3. The molecule has 1 fully saturated rings. The molecule has 9 nitrogen and oxygen atoms in total. The molecule has 2 aromatic rings. The highest BCUT2D eigenvalue weighted by Gasteiger charge is 2.34. The van der Waals surface area contributed by atoms with Crippen LogP contribution in [-0.2, 0) is 16.1 Å². The number of furan rings is 1. The second-order valence-corrected chi connectivity index (χ2v) is 6.79. The molecule has 2 heterocycles. The predicted molar refractivity (Wildman–Crippen MR) is 107 cm³/mol. The van der Waals surface area contributed by atoms with E-state index in [-0.39, 0.29) is 29.9 Å². The van der Waals surface area contributed by atoms with Crippen molar-refractivity contribution in [2.75, 3.05) is 13.7 Å². The van der Waals surface area contributed by atoms with Crippen LogP contribution in [0.5, 0.6) is 5.75 Å². The summed E-state index contributed by atoms with van der Waals surface area (Å²) in [5.41, 5.74) is 5.30. The molecule has 0 aliphatic carbocycles. The Morgan fingerprint density at radius 3 is 2.66 bits per heavy atom. The first-order valence-electron chi connectivity index (χ1n) is 8.81. The normalized spacial score (nSPS) is 15.7. The Morgan fingerprint density at radius 2 is 2.00 bits per heavy atom. The minimum absolute atomic E-state index is 0.0593. The number of ether oxygens (including phenoxy) is 1. The second-order valence-electron chi connectivity index (χ2n) is 6.38. The molecule has 3 rings (SSSR count). The van der Waals surface area contributed by atoms with E-state index in [1.807, 2.05) is 0 Å². The zero-order chi connectivity index (χ0) is 20.8. The topological polar surface area (TPSA) is 113 Å². The van der Waals surface area contributed by atoms with E-state index >= 15 is 0 Å². The largest absolute Gasteiger partial charge is 0.497 e. The van der Waals surface area contributed by atoms with Gasteiger partial charge in [-0.3, -0.25) is 30.6 Å². The fourth-order valence-electron chi connectivity index (χ4n) is 2.86. The van der Waals surface area contributed by atoms with Gasteiger partial charge in [0.25, 0.3) is 5.91 Å². The highest BCUT2D eigenvalue weighted by atomic mass is 32.1. The number of thiocarbonyl (C=S) groups is 1. The van der Waals surface area contributed by atoms with Gasteiger partial charge in [0.15, 0.2) is 5.11 Å². The third-order valence-corrected chi connectivity index (χ3v) is 4.59. The molecule has 3 amide bonds. The Hall–Kier alpha value is -3.40. The number of hydrogen-bond acceptors (Lipinski definition) is 6. The van der Waals surface area contributed by atoms with Crippen LogP contribution >= 0.6 is 12.2 Å². The summed E-state index contributed by atoms with van der Waals surface area (Å²) in [6.07, 6.45) is 1.63. The van der Waals surface area contributed by atoms with Gasteiger partial charge in [0, 0.05) is 18.5 Å². The van der Waals surface area contributed by atoms with Crippen molar-refractivity contribution in [3.05, 3.63) is 54.0 Å². The Kier molecular flexibility index (Phi) is 6.45. The molecule has 29 heavy (non-hydrogen) atoms. The number of carbonyl (C=O) groups is 3. The van der Waals surface area contributed by atoms with Crippen LogP contribution < -0.4 is 20.9 Å². The molecule has 0 spiro atoms. The number of amides is 3. The molecule has 1 aliphatic heterocycles. The van der Waals surface area contributed by atoms with Gasteiger partial charge in [-0.25, -0.2) is 0 Å².